The van der Waals surface area contributed by atoms with E-state index in [-0.39, 0.29) is 5.91 Å². The monoisotopic (exact) mass is 327 g/mol. The van der Waals surface area contributed by atoms with Gasteiger partial charge in [0.25, 0.3) is 5.91 Å². The van der Waals surface area contributed by atoms with Gasteiger partial charge in [-0.05, 0) is 38.0 Å². The Bertz CT molecular complexity index is 669. The molecule has 2 rings (SSSR count). The number of hydrogen-bond donors (Lipinski definition) is 1. The average Bonchev–Trinajstić information content (AvgIpc) is 2.63. The van der Waals surface area contributed by atoms with Crippen molar-refractivity contribution in [2.75, 3.05) is 31.6 Å². The van der Waals surface area contributed by atoms with Crippen LogP contribution in [0.25, 0.3) is 0 Å². The molecule has 24 heavy (non-hydrogen) atoms. The van der Waals surface area contributed by atoms with Gasteiger partial charge >= 0.3 is 0 Å². The molecule has 0 aliphatic rings. The van der Waals surface area contributed by atoms with Gasteiger partial charge in [0.2, 0.25) is 0 Å². The number of aromatic nitrogens is 1. The predicted molar refractivity (Wildman–Crippen MR) is 96.8 cm³/mol. The van der Waals surface area contributed by atoms with E-state index in [1.165, 1.54) is 0 Å². The summed E-state index contributed by atoms with van der Waals surface area (Å²) >= 11 is 0. The molecule has 1 aromatic heterocycles. The predicted octanol–water partition coefficient (Wildman–Crippen LogP) is 2.91. The number of methoxy groups -OCH3 is 1. The third-order valence-corrected chi connectivity index (χ3v) is 3.99. The number of anilines is 1. The number of amides is 1. The van der Waals surface area contributed by atoms with Crippen LogP contribution in [0.3, 0.4) is 0 Å². The lowest BCUT2D eigenvalue weighted by molar-refractivity contribution is 0.0953. The van der Waals surface area contributed by atoms with E-state index < -0.39 is 0 Å². The number of carbonyl (C=O) groups is 1. The average molecular weight is 327 g/mol. The molecule has 0 spiro atoms. The number of benzene rings is 1. The molecular formula is C19H25N3O2. The van der Waals surface area contributed by atoms with Crippen molar-refractivity contribution in [1.82, 2.24) is 10.3 Å². The van der Waals surface area contributed by atoms with Gasteiger partial charge in [-0.3, -0.25) is 9.78 Å². The van der Waals surface area contributed by atoms with Crippen molar-refractivity contribution in [3.63, 3.8) is 0 Å². The van der Waals surface area contributed by atoms with Gasteiger partial charge in [-0.2, -0.15) is 0 Å². The van der Waals surface area contributed by atoms with E-state index in [1.54, 1.807) is 19.5 Å². The zero-order valence-electron chi connectivity index (χ0n) is 14.6. The molecule has 0 atom stereocenters. The molecule has 5 heteroatoms. The number of pyridine rings is 1. The first-order chi connectivity index (χ1) is 11.7. The van der Waals surface area contributed by atoms with Crippen LogP contribution in [0.2, 0.25) is 0 Å². The van der Waals surface area contributed by atoms with Gasteiger partial charge in [0.1, 0.15) is 5.75 Å². The highest BCUT2D eigenvalue weighted by Gasteiger charge is 2.10. The minimum Gasteiger partial charge on any atom is -0.496 e. The Labute approximate surface area is 143 Å². The van der Waals surface area contributed by atoms with Crippen molar-refractivity contribution in [2.45, 2.75) is 20.3 Å². The smallest absolute Gasteiger partial charge is 0.252 e. The van der Waals surface area contributed by atoms with Crippen LogP contribution in [-0.4, -0.2) is 37.6 Å². The molecule has 128 valence electrons. The molecule has 1 heterocycles. The lowest BCUT2D eigenvalue weighted by Gasteiger charge is -2.20. The summed E-state index contributed by atoms with van der Waals surface area (Å²) in [4.78, 5) is 18.7. The van der Waals surface area contributed by atoms with Gasteiger partial charge in [0, 0.05) is 25.8 Å². The van der Waals surface area contributed by atoms with Crippen molar-refractivity contribution in [3.8, 4) is 5.75 Å². The zero-order chi connectivity index (χ0) is 17.4. The molecule has 0 bridgehead atoms. The summed E-state index contributed by atoms with van der Waals surface area (Å²) in [6.07, 6.45) is 4.11. The molecule has 1 aromatic carbocycles. The van der Waals surface area contributed by atoms with E-state index in [9.17, 15) is 4.79 Å². The van der Waals surface area contributed by atoms with Crippen LogP contribution < -0.4 is 15.0 Å². The Morgan fingerprint density at radius 1 is 1.21 bits per heavy atom. The van der Waals surface area contributed by atoms with Crippen molar-refractivity contribution >= 4 is 11.6 Å². The molecular weight excluding hydrogens is 302 g/mol. The van der Waals surface area contributed by atoms with Crippen LogP contribution >= 0.6 is 0 Å². The van der Waals surface area contributed by atoms with E-state index in [2.05, 4.69) is 29.0 Å². The molecule has 1 N–H and O–H groups in total. The fourth-order valence-electron chi connectivity index (χ4n) is 2.64. The number of ether oxygens (including phenoxy) is 1. The van der Waals surface area contributed by atoms with E-state index >= 15 is 0 Å². The fraction of sp³-hybridized carbons (Fsp3) is 0.368. The summed E-state index contributed by atoms with van der Waals surface area (Å²) in [5, 5.41) is 2.95. The molecule has 0 aliphatic carbocycles. The molecule has 0 saturated heterocycles. The Morgan fingerprint density at radius 3 is 2.67 bits per heavy atom. The normalized spacial score (nSPS) is 10.3. The fourth-order valence-corrected chi connectivity index (χ4v) is 2.64. The molecule has 5 nitrogen and oxygen atoms in total. The molecule has 2 aromatic rings. The van der Waals surface area contributed by atoms with Crippen LogP contribution in [0.15, 0.2) is 42.7 Å². The first-order valence-electron chi connectivity index (χ1n) is 8.29. The summed E-state index contributed by atoms with van der Waals surface area (Å²) in [6, 6.07) is 9.73. The van der Waals surface area contributed by atoms with E-state index in [0.29, 0.717) is 12.1 Å². The van der Waals surface area contributed by atoms with Crippen LogP contribution in [-0.2, 0) is 6.42 Å². The van der Waals surface area contributed by atoms with Crippen molar-refractivity contribution in [3.05, 3.63) is 53.9 Å². The molecule has 0 saturated carbocycles. The second kappa shape index (κ2) is 8.91. The third-order valence-electron chi connectivity index (χ3n) is 3.99. The summed E-state index contributed by atoms with van der Waals surface area (Å²) in [6.45, 7) is 6.50. The maximum Gasteiger partial charge on any atom is 0.252 e. The Balaban J connectivity index is 1.96. The maximum atomic E-state index is 12.3. The summed E-state index contributed by atoms with van der Waals surface area (Å²) in [5.41, 5.74) is 2.63. The Hall–Kier alpha value is -2.56. The van der Waals surface area contributed by atoms with Gasteiger partial charge in [-0.15, -0.1) is 0 Å². The minimum absolute atomic E-state index is 0.105. The highest BCUT2D eigenvalue weighted by Crippen LogP contribution is 2.17. The highest BCUT2D eigenvalue weighted by atomic mass is 16.5. The maximum absolute atomic E-state index is 12.3. The first kappa shape index (κ1) is 17.8. The highest BCUT2D eigenvalue weighted by molar-refractivity contribution is 5.94. The van der Waals surface area contributed by atoms with E-state index in [0.717, 1.165) is 36.5 Å². The quantitative estimate of drug-likeness (QED) is 0.810. The molecule has 0 radical (unpaired) electrons. The van der Waals surface area contributed by atoms with Gasteiger partial charge in [0.05, 0.1) is 24.6 Å². The summed E-state index contributed by atoms with van der Waals surface area (Å²) < 4.78 is 5.33. The third kappa shape index (κ3) is 4.47. The number of para-hydroxylation sites is 1. The standard InChI is InChI=1S/C19H25N3O2/c1-4-22(5-2)17-12-16(13-20-14-17)19(23)21-11-10-15-8-6-7-9-18(15)24-3/h6-9,12-14H,4-5,10-11H2,1-3H3,(H,21,23). The Morgan fingerprint density at radius 2 is 1.96 bits per heavy atom. The van der Waals surface area contributed by atoms with Gasteiger partial charge in [-0.25, -0.2) is 0 Å². The number of nitrogens with zero attached hydrogens (tertiary/aromatic N) is 2. The largest absolute Gasteiger partial charge is 0.496 e. The number of carbonyl (C=O) groups excluding carboxylic acids is 1. The number of rotatable bonds is 8. The lowest BCUT2D eigenvalue weighted by atomic mass is 10.1. The van der Waals surface area contributed by atoms with Crippen molar-refractivity contribution in [2.24, 2.45) is 0 Å². The minimum atomic E-state index is -0.105. The second-order valence-electron chi connectivity index (χ2n) is 5.42. The molecule has 0 unspecified atom stereocenters. The van der Waals surface area contributed by atoms with Crippen LogP contribution in [0.4, 0.5) is 5.69 Å². The molecule has 1 amide bonds. The SMILES string of the molecule is CCN(CC)c1cncc(C(=O)NCCc2ccccc2OC)c1. The number of nitrogens with one attached hydrogen (secondary N) is 1. The van der Waals surface area contributed by atoms with Gasteiger partial charge < -0.3 is 15.0 Å². The summed E-state index contributed by atoms with van der Waals surface area (Å²) in [7, 11) is 1.65. The first-order valence-corrected chi connectivity index (χ1v) is 8.29. The van der Waals surface area contributed by atoms with Crippen LogP contribution in [0.5, 0.6) is 5.75 Å². The zero-order valence-corrected chi connectivity index (χ0v) is 14.6. The molecule has 0 fully saturated rings. The lowest BCUT2D eigenvalue weighted by Crippen LogP contribution is -2.27. The summed E-state index contributed by atoms with van der Waals surface area (Å²) in [5.74, 6) is 0.739. The van der Waals surface area contributed by atoms with Crippen LogP contribution in [0.1, 0.15) is 29.8 Å². The van der Waals surface area contributed by atoms with Gasteiger partial charge in [-0.1, -0.05) is 18.2 Å². The number of hydrogen-bond acceptors (Lipinski definition) is 4. The van der Waals surface area contributed by atoms with E-state index in [1.807, 2.05) is 30.3 Å². The topological polar surface area (TPSA) is 54.5 Å². The van der Waals surface area contributed by atoms with Crippen molar-refractivity contribution < 1.29 is 9.53 Å². The van der Waals surface area contributed by atoms with Gasteiger partial charge in [0.15, 0.2) is 0 Å². The van der Waals surface area contributed by atoms with E-state index in [4.69, 9.17) is 4.74 Å². The van der Waals surface area contributed by atoms with Crippen LogP contribution in [0, 0.1) is 0 Å². The Kier molecular flexibility index (Phi) is 6.61. The second-order valence-corrected chi connectivity index (χ2v) is 5.42. The van der Waals surface area contributed by atoms with Crippen molar-refractivity contribution in [1.29, 1.82) is 0 Å². The molecule has 0 aliphatic heterocycles.